The topological polar surface area (TPSA) is 23.5 Å². The monoisotopic (exact) mass is 333 g/mol. The number of fused-ring (bicyclic) bond motifs is 4. The fourth-order valence-corrected chi connectivity index (χ4v) is 5.83. The Labute approximate surface area is 150 Å². The SMILES string of the molecule is CN1C2CCC1CC(C1(O)c3ccccc3CCc3ccccc31)C2. The number of nitrogens with zero attached hydrogens (tertiary/aromatic N) is 1. The number of hydrogen-bond donors (Lipinski definition) is 1. The minimum Gasteiger partial charge on any atom is -0.380 e. The van der Waals surface area contributed by atoms with E-state index in [1.807, 2.05) is 0 Å². The molecule has 5 rings (SSSR count). The molecule has 0 radical (unpaired) electrons. The summed E-state index contributed by atoms with van der Waals surface area (Å²) in [6, 6.07) is 18.5. The van der Waals surface area contributed by atoms with Crippen LogP contribution in [0.15, 0.2) is 48.5 Å². The zero-order valence-corrected chi connectivity index (χ0v) is 15.0. The zero-order chi connectivity index (χ0) is 17.0. The second-order valence-corrected chi connectivity index (χ2v) is 8.30. The van der Waals surface area contributed by atoms with Crippen LogP contribution in [0, 0.1) is 5.92 Å². The van der Waals surface area contributed by atoms with Crippen LogP contribution in [0.1, 0.15) is 47.9 Å². The normalized spacial score (nSPS) is 30.4. The molecular weight excluding hydrogens is 306 g/mol. The van der Waals surface area contributed by atoms with Gasteiger partial charge in [0.05, 0.1) is 0 Å². The van der Waals surface area contributed by atoms with Crippen molar-refractivity contribution in [3.05, 3.63) is 70.8 Å². The molecule has 3 aliphatic rings. The molecule has 1 N–H and O–H groups in total. The van der Waals surface area contributed by atoms with Gasteiger partial charge >= 0.3 is 0 Å². The van der Waals surface area contributed by atoms with Gasteiger partial charge in [0.1, 0.15) is 5.60 Å². The molecule has 2 aromatic carbocycles. The summed E-state index contributed by atoms with van der Waals surface area (Å²) in [4.78, 5) is 2.56. The van der Waals surface area contributed by atoms with E-state index in [0.717, 1.165) is 36.8 Å². The van der Waals surface area contributed by atoms with Crippen molar-refractivity contribution in [3.63, 3.8) is 0 Å². The quantitative estimate of drug-likeness (QED) is 0.856. The smallest absolute Gasteiger partial charge is 0.118 e. The highest BCUT2D eigenvalue weighted by Gasteiger charge is 2.50. The third kappa shape index (κ3) is 2.24. The number of rotatable bonds is 1. The standard InChI is InChI=1S/C23H27NO/c1-24-19-12-13-20(24)15-18(14-19)23(25)21-8-4-2-6-16(21)10-11-17-7-3-5-9-22(17)23/h2-9,18-20,25H,10-15H2,1H3. The fraction of sp³-hybridized carbons (Fsp3) is 0.478. The van der Waals surface area contributed by atoms with Gasteiger partial charge in [-0.2, -0.15) is 0 Å². The molecule has 2 heterocycles. The van der Waals surface area contributed by atoms with E-state index in [0.29, 0.717) is 18.0 Å². The Bertz CT molecular complexity index is 737. The first kappa shape index (κ1) is 15.6. The van der Waals surface area contributed by atoms with E-state index in [-0.39, 0.29) is 0 Å². The summed E-state index contributed by atoms with van der Waals surface area (Å²) in [5.41, 5.74) is 4.13. The van der Waals surface area contributed by atoms with Gasteiger partial charge in [0.2, 0.25) is 0 Å². The van der Waals surface area contributed by atoms with Crippen LogP contribution in [-0.2, 0) is 18.4 Å². The molecule has 0 amide bonds. The van der Waals surface area contributed by atoms with Gasteiger partial charge in [-0.25, -0.2) is 0 Å². The molecule has 2 bridgehead atoms. The Morgan fingerprint density at radius 2 is 1.32 bits per heavy atom. The van der Waals surface area contributed by atoms with E-state index >= 15 is 0 Å². The second kappa shape index (κ2) is 5.69. The fourth-order valence-electron chi connectivity index (χ4n) is 5.83. The summed E-state index contributed by atoms with van der Waals surface area (Å²) in [5, 5.41) is 12.3. The maximum Gasteiger partial charge on any atom is 0.118 e. The van der Waals surface area contributed by atoms with Crippen LogP contribution in [0.25, 0.3) is 0 Å². The molecule has 0 aromatic heterocycles. The van der Waals surface area contributed by atoms with Gasteiger partial charge in [-0.15, -0.1) is 0 Å². The van der Waals surface area contributed by atoms with Gasteiger partial charge in [0.15, 0.2) is 0 Å². The molecule has 2 heteroatoms. The molecule has 0 spiro atoms. The van der Waals surface area contributed by atoms with Gasteiger partial charge < -0.3 is 10.0 Å². The summed E-state index contributed by atoms with van der Waals surface area (Å²) in [5.74, 6) is 0.307. The van der Waals surface area contributed by atoms with Crippen LogP contribution >= 0.6 is 0 Å². The first-order chi connectivity index (χ1) is 12.2. The lowest BCUT2D eigenvalue weighted by atomic mass is 9.69. The lowest BCUT2D eigenvalue weighted by Gasteiger charge is -2.45. The molecule has 2 unspecified atom stereocenters. The first-order valence-electron chi connectivity index (χ1n) is 9.79. The summed E-state index contributed by atoms with van der Waals surface area (Å²) in [7, 11) is 2.28. The average molecular weight is 333 g/mol. The lowest BCUT2D eigenvalue weighted by Crippen LogP contribution is -2.48. The minimum atomic E-state index is -0.841. The molecule has 25 heavy (non-hydrogen) atoms. The van der Waals surface area contributed by atoms with E-state index in [2.05, 4.69) is 60.5 Å². The maximum absolute atomic E-state index is 12.3. The molecule has 1 aliphatic carbocycles. The average Bonchev–Trinajstić information content (AvgIpc) is 2.83. The van der Waals surface area contributed by atoms with Crippen molar-refractivity contribution < 1.29 is 5.11 Å². The van der Waals surface area contributed by atoms with Crippen LogP contribution in [0.2, 0.25) is 0 Å². The van der Waals surface area contributed by atoms with Gasteiger partial charge in [0, 0.05) is 12.1 Å². The van der Waals surface area contributed by atoms with Gasteiger partial charge in [-0.1, -0.05) is 48.5 Å². The molecule has 0 saturated carbocycles. The predicted molar refractivity (Wildman–Crippen MR) is 101 cm³/mol. The van der Waals surface area contributed by atoms with E-state index in [9.17, 15) is 5.11 Å². The van der Waals surface area contributed by atoms with Crippen molar-refractivity contribution in [3.8, 4) is 0 Å². The van der Waals surface area contributed by atoms with Crippen molar-refractivity contribution in [1.82, 2.24) is 4.90 Å². The molecule has 2 nitrogen and oxygen atoms in total. The molecule has 2 aromatic rings. The number of aryl methyl sites for hydroxylation is 2. The second-order valence-electron chi connectivity index (χ2n) is 8.30. The third-order valence-electron chi connectivity index (χ3n) is 7.21. The van der Waals surface area contributed by atoms with Crippen LogP contribution < -0.4 is 0 Å². The van der Waals surface area contributed by atoms with Crippen molar-refractivity contribution in [2.75, 3.05) is 7.05 Å². The highest BCUT2D eigenvalue weighted by Crippen LogP contribution is 2.50. The number of aliphatic hydroxyl groups is 1. The summed E-state index contributed by atoms with van der Waals surface area (Å²) in [6.07, 6.45) is 6.83. The summed E-state index contributed by atoms with van der Waals surface area (Å²) >= 11 is 0. The highest BCUT2D eigenvalue weighted by molar-refractivity contribution is 5.48. The van der Waals surface area contributed by atoms with Crippen molar-refractivity contribution >= 4 is 0 Å². The summed E-state index contributed by atoms with van der Waals surface area (Å²) in [6.45, 7) is 0. The number of benzene rings is 2. The Morgan fingerprint density at radius 3 is 1.84 bits per heavy atom. The van der Waals surface area contributed by atoms with Crippen LogP contribution in [0.4, 0.5) is 0 Å². The molecule has 2 saturated heterocycles. The molecule has 130 valence electrons. The minimum absolute atomic E-state index is 0.307. The van der Waals surface area contributed by atoms with E-state index < -0.39 is 5.60 Å². The maximum atomic E-state index is 12.3. The highest BCUT2D eigenvalue weighted by atomic mass is 16.3. The first-order valence-corrected chi connectivity index (χ1v) is 9.79. The molecule has 2 atom stereocenters. The van der Waals surface area contributed by atoms with Crippen LogP contribution in [0.5, 0.6) is 0 Å². The Hall–Kier alpha value is -1.64. The van der Waals surface area contributed by atoms with Crippen molar-refractivity contribution in [2.45, 2.75) is 56.2 Å². The molecule has 2 aliphatic heterocycles. The van der Waals surface area contributed by atoms with E-state index in [4.69, 9.17) is 0 Å². The van der Waals surface area contributed by atoms with Gasteiger partial charge in [-0.05, 0) is 73.7 Å². The predicted octanol–water partition coefficient (Wildman–Crippen LogP) is 3.89. The lowest BCUT2D eigenvalue weighted by molar-refractivity contribution is -0.0290. The van der Waals surface area contributed by atoms with Gasteiger partial charge in [-0.3, -0.25) is 0 Å². The Morgan fingerprint density at radius 1 is 0.840 bits per heavy atom. The largest absolute Gasteiger partial charge is 0.380 e. The van der Waals surface area contributed by atoms with Crippen LogP contribution in [0.3, 0.4) is 0 Å². The number of piperidine rings is 1. The summed E-state index contributed by atoms with van der Waals surface area (Å²) < 4.78 is 0. The van der Waals surface area contributed by atoms with Gasteiger partial charge in [0.25, 0.3) is 0 Å². The Kier molecular flexibility index (Phi) is 3.55. The van der Waals surface area contributed by atoms with Crippen molar-refractivity contribution in [1.29, 1.82) is 0 Å². The van der Waals surface area contributed by atoms with E-state index in [1.165, 1.54) is 24.0 Å². The Balaban J connectivity index is 1.68. The third-order valence-corrected chi connectivity index (χ3v) is 7.21. The number of hydrogen-bond acceptors (Lipinski definition) is 2. The molecule has 2 fully saturated rings. The zero-order valence-electron chi connectivity index (χ0n) is 15.0. The molecular formula is C23H27NO. The van der Waals surface area contributed by atoms with E-state index in [1.54, 1.807) is 0 Å². The van der Waals surface area contributed by atoms with Crippen LogP contribution in [-0.4, -0.2) is 29.1 Å². The van der Waals surface area contributed by atoms with Crippen molar-refractivity contribution in [2.24, 2.45) is 5.92 Å².